The number of aliphatic carboxylic acids is 1. The van der Waals surface area contributed by atoms with Gasteiger partial charge in [0.25, 0.3) is 0 Å². The second-order valence-corrected chi connectivity index (χ2v) is 1.96. The predicted octanol–water partition coefficient (Wildman–Crippen LogP) is -0.725. The van der Waals surface area contributed by atoms with Gasteiger partial charge in [0.15, 0.2) is 0 Å². The third-order valence-corrected chi connectivity index (χ3v) is 1.19. The van der Waals surface area contributed by atoms with Crippen LogP contribution in [0.1, 0.15) is 6.42 Å². The number of aliphatic hydroxyl groups excluding tert-OH is 1. The number of hydrogen-bond acceptors (Lipinski definition) is 3. The smallest absolute Gasteiger partial charge is 0.328 e. The molecule has 2 N–H and O–H groups in total. The molecule has 0 amide bonds. The van der Waals surface area contributed by atoms with Crippen molar-refractivity contribution in [1.82, 2.24) is 0 Å². The van der Waals surface area contributed by atoms with Gasteiger partial charge < -0.3 is 10.2 Å². The first-order chi connectivity index (χ1) is 4.20. The van der Waals surface area contributed by atoms with Gasteiger partial charge in [-0.15, -0.1) is 0 Å². The molecular formula is C5H7NO3. The van der Waals surface area contributed by atoms with Crippen LogP contribution in [0.15, 0.2) is 4.99 Å². The molecule has 4 heteroatoms. The Hall–Kier alpha value is -0.900. The minimum atomic E-state index is -0.970. The Morgan fingerprint density at radius 2 is 2.44 bits per heavy atom. The lowest BCUT2D eigenvalue weighted by Crippen LogP contribution is -2.17. The largest absolute Gasteiger partial charge is 0.480 e. The van der Waals surface area contributed by atoms with Crippen LogP contribution in [0.25, 0.3) is 0 Å². The zero-order chi connectivity index (χ0) is 6.85. The van der Waals surface area contributed by atoms with Crippen LogP contribution in [0.3, 0.4) is 0 Å². The highest BCUT2D eigenvalue weighted by molar-refractivity contribution is 5.80. The molecular weight excluding hydrogens is 122 g/mol. The Morgan fingerprint density at radius 1 is 1.78 bits per heavy atom. The number of carboxylic acids is 1. The minimum Gasteiger partial charge on any atom is -0.480 e. The van der Waals surface area contributed by atoms with Crippen molar-refractivity contribution in [3.8, 4) is 0 Å². The lowest BCUT2D eigenvalue weighted by molar-refractivity contribution is -0.138. The van der Waals surface area contributed by atoms with Crippen LogP contribution in [0, 0.1) is 0 Å². The number of aliphatic imine (C=N–C) groups is 1. The normalized spacial score (nSPS) is 33.0. The van der Waals surface area contributed by atoms with Gasteiger partial charge >= 0.3 is 5.97 Å². The van der Waals surface area contributed by atoms with Crippen molar-refractivity contribution in [1.29, 1.82) is 0 Å². The summed E-state index contributed by atoms with van der Waals surface area (Å²) in [5.74, 6) is -0.970. The fourth-order valence-electron chi connectivity index (χ4n) is 0.718. The Kier molecular flexibility index (Phi) is 1.48. The Morgan fingerprint density at radius 3 is 2.67 bits per heavy atom. The molecule has 1 rings (SSSR count). The summed E-state index contributed by atoms with van der Waals surface area (Å²) < 4.78 is 0. The van der Waals surface area contributed by atoms with Crippen LogP contribution in [0.4, 0.5) is 0 Å². The molecule has 0 aromatic carbocycles. The van der Waals surface area contributed by atoms with E-state index in [-0.39, 0.29) is 6.42 Å². The molecule has 0 aliphatic carbocycles. The van der Waals surface area contributed by atoms with Crippen LogP contribution in [-0.4, -0.2) is 34.5 Å². The van der Waals surface area contributed by atoms with Gasteiger partial charge in [-0.2, -0.15) is 0 Å². The fraction of sp³-hybridized carbons (Fsp3) is 0.600. The highest BCUT2D eigenvalue weighted by Crippen LogP contribution is 2.08. The van der Waals surface area contributed by atoms with Gasteiger partial charge in [-0.25, -0.2) is 4.79 Å². The van der Waals surface area contributed by atoms with Crippen LogP contribution in [0.5, 0.6) is 0 Å². The fourth-order valence-corrected chi connectivity index (χ4v) is 0.718. The van der Waals surface area contributed by atoms with E-state index in [0.717, 1.165) is 0 Å². The monoisotopic (exact) mass is 129 g/mol. The first-order valence-electron chi connectivity index (χ1n) is 2.64. The quantitative estimate of drug-likeness (QED) is 0.490. The molecule has 1 heterocycles. The standard InChI is InChI=1S/C5H7NO3/c7-3-1-4(5(8)9)6-2-3/h2-4,7H,1H2,(H,8,9)/t3-,4+/m0/s1. The zero-order valence-electron chi connectivity index (χ0n) is 4.69. The number of carbonyl (C=O) groups is 1. The second kappa shape index (κ2) is 2.14. The average Bonchev–Trinajstić information content (AvgIpc) is 2.14. The molecule has 0 aromatic rings. The van der Waals surface area contributed by atoms with Gasteiger partial charge in [0.2, 0.25) is 0 Å². The van der Waals surface area contributed by atoms with E-state index in [1.54, 1.807) is 0 Å². The molecule has 0 spiro atoms. The molecule has 1 aliphatic rings. The van der Waals surface area contributed by atoms with Crippen molar-refractivity contribution in [2.24, 2.45) is 4.99 Å². The van der Waals surface area contributed by atoms with Crippen molar-refractivity contribution in [2.75, 3.05) is 0 Å². The summed E-state index contributed by atoms with van der Waals surface area (Å²) in [5.41, 5.74) is 0. The van der Waals surface area contributed by atoms with Crippen LogP contribution >= 0.6 is 0 Å². The highest BCUT2D eigenvalue weighted by Gasteiger charge is 2.23. The Balaban J connectivity index is 2.50. The maximum Gasteiger partial charge on any atom is 0.328 e. The molecule has 0 aromatic heterocycles. The number of carboxylic acid groups (broad SMARTS) is 1. The topological polar surface area (TPSA) is 69.9 Å². The molecule has 4 nitrogen and oxygen atoms in total. The Labute approximate surface area is 51.8 Å². The summed E-state index contributed by atoms with van der Waals surface area (Å²) in [6.07, 6.45) is 0.819. The summed E-state index contributed by atoms with van der Waals surface area (Å²) in [7, 11) is 0. The van der Waals surface area contributed by atoms with Gasteiger partial charge in [0.05, 0.1) is 6.10 Å². The van der Waals surface area contributed by atoms with Crippen molar-refractivity contribution >= 4 is 12.2 Å². The summed E-state index contributed by atoms with van der Waals surface area (Å²) in [4.78, 5) is 13.7. The molecule has 0 bridgehead atoms. The molecule has 50 valence electrons. The molecule has 9 heavy (non-hydrogen) atoms. The van der Waals surface area contributed by atoms with E-state index in [0.29, 0.717) is 0 Å². The van der Waals surface area contributed by atoms with Gasteiger partial charge in [-0.1, -0.05) is 0 Å². The molecule has 0 unspecified atom stereocenters. The van der Waals surface area contributed by atoms with Gasteiger partial charge in [0.1, 0.15) is 6.04 Å². The minimum absolute atomic E-state index is 0.218. The van der Waals surface area contributed by atoms with Crippen molar-refractivity contribution < 1.29 is 15.0 Å². The van der Waals surface area contributed by atoms with E-state index in [9.17, 15) is 4.79 Å². The lowest BCUT2D eigenvalue weighted by Gasteiger charge is -1.98. The Bertz CT molecular complexity index is 154. The molecule has 2 atom stereocenters. The summed E-state index contributed by atoms with van der Waals surface area (Å²) >= 11 is 0. The summed E-state index contributed by atoms with van der Waals surface area (Å²) in [6, 6.07) is -0.722. The van der Waals surface area contributed by atoms with Crippen LogP contribution < -0.4 is 0 Å². The summed E-state index contributed by atoms with van der Waals surface area (Å²) in [5, 5.41) is 17.0. The zero-order valence-corrected chi connectivity index (χ0v) is 4.69. The molecule has 1 aliphatic heterocycles. The first kappa shape index (κ1) is 6.22. The lowest BCUT2D eigenvalue weighted by atomic mass is 10.2. The second-order valence-electron chi connectivity index (χ2n) is 1.96. The SMILES string of the molecule is O=C(O)[C@H]1C[C@H](O)C=N1. The van der Waals surface area contributed by atoms with E-state index < -0.39 is 18.1 Å². The highest BCUT2D eigenvalue weighted by atomic mass is 16.4. The van der Waals surface area contributed by atoms with E-state index in [4.69, 9.17) is 10.2 Å². The van der Waals surface area contributed by atoms with E-state index >= 15 is 0 Å². The average molecular weight is 129 g/mol. The number of hydrogen-bond donors (Lipinski definition) is 2. The van der Waals surface area contributed by atoms with Gasteiger partial charge in [0, 0.05) is 12.6 Å². The third-order valence-electron chi connectivity index (χ3n) is 1.19. The van der Waals surface area contributed by atoms with Crippen LogP contribution in [0.2, 0.25) is 0 Å². The van der Waals surface area contributed by atoms with Crippen molar-refractivity contribution in [2.45, 2.75) is 18.6 Å². The van der Waals surface area contributed by atoms with E-state index in [2.05, 4.69) is 4.99 Å². The third kappa shape index (κ3) is 1.26. The van der Waals surface area contributed by atoms with E-state index in [1.807, 2.05) is 0 Å². The molecule has 0 radical (unpaired) electrons. The predicted molar refractivity (Wildman–Crippen MR) is 30.5 cm³/mol. The molecule has 0 saturated carbocycles. The number of nitrogens with zero attached hydrogens (tertiary/aromatic N) is 1. The maximum absolute atomic E-state index is 10.1. The van der Waals surface area contributed by atoms with Crippen LogP contribution in [-0.2, 0) is 4.79 Å². The van der Waals surface area contributed by atoms with Gasteiger partial charge in [-0.05, 0) is 0 Å². The van der Waals surface area contributed by atoms with Gasteiger partial charge in [-0.3, -0.25) is 4.99 Å². The number of rotatable bonds is 1. The van der Waals surface area contributed by atoms with Crippen molar-refractivity contribution in [3.05, 3.63) is 0 Å². The van der Waals surface area contributed by atoms with E-state index in [1.165, 1.54) is 6.21 Å². The first-order valence-corrected chi connectivity index (χ1v) is 2.64. The molecule has 0 saturated heterocycles. The maximum atomic E-state index is 10.1. The van der Waals surface area contributed by atoms with Crippen molar-refractivity contribution in [3.63, 3.8) is 0 Å². The molecule has 0 fully saturated rings. The summed E-state index contributed by atoms with van der Waals surface area (Å²) in [6.45, 7) is 0. The number of aliphatic hydroxyl groups is 1.